The van der Waals surface area contributed by atoms with Gasteiger partial charge in [0.2, 0.25) is 0 Å². The van der Waals surface area contributed by atoms with E-state index < -0.39 is 12.1 Å². The Kier molecular flexibility index (Phi) is 4.44. The number of hydroxylamine groups is 4. The lowest BCUT2D eigenvalue weighted by atomic mass is 10.1. The molecule has 2 aromatic carbocycles. The standard InChI is InChI=1S/C14H16N4O4/c1-17(21)13(19)15-11-7-3-6-10-9(11)5-4-8-12(10)16-14(20)18(2)22/h3-8,21-22H,1-2H3,(H,15,19)(H,16,20). The highest BCUT2D eigenvalue weighted by Gasteiger charge is 2.12. The maximum atomic E-state index is 11.6. The molecule has 0 radical (unpaired) electrons. The second kappa shape index (κ2) is 6.29. The molecule has 0 saturated carbocycles. The molecule has 0 aliphatic heterocycles. The molecule has 0 aliphatic carbocycles. The number of carbonyl (C=O) groups excluding carboxylic acids is 2. The Labute approximate surface area is 126 Å². The highest BCUT2D eigenvalue weighted by Crippen LogP contribution is 2.29. The van der Waals surface area contributed by atoms with Gasteiger partial charge < -0.3 is 10.6 Å². The maximum absolute atomic E-state index is 11.6. The van der Waals surface area contributed by atoms with Crippen molar-refractivity contribution in [1.82, 2.24) is 10.1 Å². The number of anilines is 2. The van der Waals surface area contributed by atoms with Gasteiger partial charge >= 0.3 is 12.1 Å². The Morgan fingerprint density at radius 1 is 0.818 bits per heavy atom. The van der Waals surface area contributed by atoms with E-state index in [9.17, 15) is 9.59 Å². The molecular weight excluding hydrogens is 288 g/mol. The normalized spacial score (nSPS) is 10.2. The van der Waals surface area contributed by atoms with Crippen molar-refractivity contribution in [3.05, 3.63) is 36.4 Å². The van der Waals surface area contributed by atoms with Crippen LogP contribution in [0.25, 0.3) is 10.8 Å². The molecule has 2 rings (SSSR count). The van der Waals surface area contributed by atoms with E-state index in [0.29, 0.717) is 32.3 Å². The Morgan fingerprint density at radius 3 is 1.50 bits per heavy atom. The number of fused-ring (bicyclic) bond motifs is 1. The number of hydrogen-bond donors (Lipinski definition) is 4. The highest BCUT2D eigenvalue weighted by molar-refractivity contribution is 6.08. The summed E-state index contributed by atoms with van der Waals surface area (Å²) in [6.07, 6.45) is 0. The Hall–Kier alpha value is -2.84. The third kappa shape index (κ3) is 3.25. The molecule has 0 atom stereocenters. The molecule has 4 amide bonds. The molecule has 0 unspecified atom stereocenters. The van der Waals surface area contributed by atoms with Gasteiger partial charge in [-0.1, -0.05) is 24.3 Å². The van der Waals surface area contributed by atoms with E-state index >= 15 is 0 Å². The van der Waals surface area contributed by atoms with E-state index in [1.807, 2.05) is 0 Å². The van der Waals surface area contributed by atoms with Crippen molar-refractivity contribution >= 4 is 34.2 Å². The molecule has 0 heterocycles. The summed E-state index contributed by atoms with van der Waals surface area (Å²) in [6.45, 7) is 0. The second-order valence-electron chi connectivity index (χ2n) is 4.61. The van der Waals surface area contributed by atoms with E-state index in [1.54, 1.807) is 36.4 Å². The maximum Gasteiger partial charge on any atom is 0.345 e. The zero-order valence-corrected chi connectivity index (χ0v) is 12.1. The molecule has 116 valence electrons. The summed E-state index contributed by atoms with van der Waals surface area (Å²) in [6, 6.07) is 8.91. The average molecular weight is 304 g/mol. The lowest BCUT2D eigenvalue weighted by molar-refractivity contribution is -0.0118. The van der Waals surface area contributed by atoms with E-state index in [-0.39, 0.29) is 0 Å². The zero-order valence-electron chi connectivity index (χ0n) is 12.1. The number of nitrogens with one attached hydrogen (secondary N) is 2. The van der Waals surface area contributed by atoms with Crippen LogP contribution in [0, 0.1) is 0 Å². The van der Waals surface area contributed by atoms with Crippen LogP contribution in [-0.2, 0) is 0 Å². The summed E-state index contributed by atoms with van der Waals surface area (Å²) >= 11 is 0. The number of amides is 4. The van der Waals surface area contributed by atoms with E-state index in [0.717, 1.165) is 0 Å². The van der Waals surface area contributed by atoms with Gasteiger partial charge in [-0.15, -0.1) is 0 Å². The summed E-state index contributed by atoms with van der Waals surface area (Å²) in [5, 5.41) is 25.6. The Morgan fingerprint density at radius 2 is 1.18 bits per heavy atom. The molecule has 8 nitrogen and oxygen atoms in total. The van der Waals surface area contributed by atoms with Gasteiger partial charge in [-0.25, -0.2) is 19.7 Å². The van der Waals surface area contributed by atoms with Gasteiger partial charge in [0.05, 0.1) is 11.4 Å². The lowest BCUT2D eigenvalue weighted by Gasteiger charge is -2.15. The molecular formula is C14H16N4O4. The van der Waals surface area contributed by atoms with Crippen LogP contribution in [0.3, 0.4) is 0 Å². The van der Waals surface area contributed by atoms with Gasteiger partial charge in [-0.2, -0.15) is 0 Å². The molecule has 4 N–H and O–H groups in total. The predicted molar refractivity (Wildman–Crippen MR) is 81.1 cm³/mol. The van der Waals surface area contributed by atoms with Crippen molar-refractivity contribution in [2.24, 2.45) is 0 Å². The SMILES string of the molecule is CN(O)C(=O)Nc1cccc2c(NC(=O)N(C)O)cccc12. The van der Waals surface area contributed by atoms with E-state index in [2.05, 4.69) is 10.6 Å². The predicted octanol–water partition coefficient (Wildman–Crippen LogP) is 2.55. The first-order valence-electron chi connectivity index (χ1n) is 6.39. The molecule has 22 heavy (non-hydrogen) atoms. The first-order valence-corrected chi connectivity index (χ1v) is 6.39. The minimum Gasteiger partial charge on any atom is -0.305 e. The molecule has 0 bridgehead atoms. The van der Waals surface area contributed by atoms with Gasteiger partial charge in [-0.3, -0.25) is 10.4 Å². The molecule has 0 aromatic heterocycles. The van der Waals surface area contributed by atoms with Gasteiger partial charge in [0.15, 0.2) is 0 Å². The van der Waals surface area contributed by atoms with E-state index in [1.165, 1.54) is 14.1 Å². The van der Waals surface area contributed by atoms with Crippen LogP contribution < -0.4 is 10.6 Å². The van der Waals surface area contributed by atoms with Crippen LogP contribution in [0.4, 0.5) is 21.0 Å². The van der Waals surface area contributed by atoms with Crippen LogP contribution in [0.1, 0.15) is 0 Å². The molecule has 0 saturated heterocycles. The number of hydrogen-bond acceptors (Lipinski definition) is 4. The summed E-state index contributed by atoms with van der Waals surface area (Å²) in [4.78, 5) is 23.1. The van der Waals surface area contributed by atoms with Crippen molar-refractivity contribution in [1.29, 1.82) is 0 Å². The van der Waals surface area contributed by atoms with Gasteiger partial charge in [0.1, 0.15) is 0 Å². The van der Waals surface area contributed by atoms with Crippen LogP contribution in [0.15, 0.2) is 36.4 Å². The number of carbonyl (C=O) groups is 2. The fourth-order valence-corrected chi connectivity index (χ4v) is 1.92. The molecule has 0 aliphatic rings. The minimum atomic E-state index is -0.683. The molecule has 0 fully saturated rings. The zero-order chi connectivity index (χ0) is 16.3. The number of rotatable bonds is 2. The monoisotopic (exact) mass is 304 g/mol. The quantitative estimate of drug-likeness (QED) is 0.505. The summed E-state index contributed by atoms with van der Waals surface area (Å²) < 4.78 is 0. The van der Waals surface area contributed by atoms with Crippen LogP contribution in [-0.4, -0.2) is 46.7 Å². The number of nitrogens with zero attached hydrogens (tertiary/aromatic N) is 2. The first kappa shape index (κ1) is 15.5. The van der Waals surface area contributed by atoms with Crippen molar-refractivity contribution in [3.8, 4) is 0 Å². The third-order valence-corrected chi connectivity index (χ3v) is 2.99. The lowest BCUT2D eigenvalue weighted by Crippen LogP contribution is -2.28. The molecule has 8 heteroatoms. The Balaban J connectivity index is 2.42. The van der Waals surface area contributed by atoms with Crippen LogP contribution in [0.5, 0.6) is 0 Å². The summed E-state index contributed by atoms with van der Waals surface area (Å²) in [5.74, 6) is 0. The molecule has 2 aromatic rings. The first-order chi connectivity index (χ1) is 10.4. The largest absolute Gasteiger partial charge is 0.345 e. The third-order valence-electron chi connectivity index (χ3n) is 2.99. The van der Waals surface area contributed by atoms with E-state index in [4.69, 9.17) is 10.4 Å². The fraction of sp³-hybridized carbons (Fsp3) is 0.143. The summed E-state index contributed by atoms with van der Waals surface area (Å²) in [5.41, 5.74) is 0.966. The topological polar surface area (TPSA) is 105 Å². The van der Waals surface area contributed by atoms with Crippen LogP contribution >= 0.6 is 0 Å². The molecule has 0 spiro atoms. The van der Waals surface area contributed by atoms with Gasteiger partial charge in [0.25, 0.3) is 0 Å². The smallest absolute Gasteiger partial charge is 0.305 e. The van der Waals surface area contributed by atoms with Crippen LogP contribution in [0.2, 0.25) is 0 Å². The minimum absolute atomic E-state index is 0.436. The Bertz CT molecular complexity index is 654. The van der Waals surface area contributed by atoms with Gasteiger partial charge in [0, 0.05) is 24.9 Å². The average Bonchev–Trinajstić information content (AvgIpc) is 2.47. The number of benzene rings is 2. The number of urea groups is 2. The van der Waals surface area contributed by atoms with Crippen molar-refractivity contribution in [2.75, 3.05) is 24.7 Å². The summed E-state index contributed by atoms with van der Waals surface area (Å²) in [7, 11) is 2.42. The van der Waals surface area contributed by atoms with Crippen molar-refractivity contribution < 1.29 is 20.0 Å². The highest BCUT2D eigenvalue weighted by atomic mass is 16.5. The van der Waals surface area contributed by atoms with Crippen molar-refractivity contribution in [2.45, 2.75) is 0 Å². The second-order valence-corrected chi connectivity index (χ2v) is 4.61. The van der Waals surface area contributed by atoms with Gasteiger partial charge in [-0.05, 0) is 12.1 Å². The fourth-order valence-electron chi connectivity index (χ4n) is 1.92. The van der Waals surface area contributed by atoms with Crippen molar-refractivity contribution in [3.63, 3.8) is 0 Å².